The molecular formula is C16H22N2O3. The van der Waals surface area contributed by atoms with Crippen LogP contribution in [0.1, 0.15) is 25.3 Å². The van der Waals surface area contributed by atoms with Crippen LogP contribution in [0.5, 0.6) is 0 Å². The highest BCUT2D eigenvalue weighted by molar-refractivity contribution is 5.89. The number of aliphatic hydroxyl groups excluding tert-OH is 1. The minimum Gasteiger partial charge on any atom is -0.394 e. The van der Waals surface area contributed by atoms with Gasteiger partial charge in [0, 0.05) is 12.6 Å². The molecule has 1 saturated heterocycles. The molecule has 2 atom stereocenters. The maximum atomic E-state index is 12.4. The van der Waals surface area contributed by atoms with Crippen molar-refractivity contribution in [2.24, 2.45) is 0 Å². The number of aliphatic hydroxyl groups is 1. The summed E-state index contributed by atoms with van der Waals surface area (Å²) in [5.74, 6) is -0.189. The van der Waals surface area contributed by atoms with E-state index in [0.29, 0.717) is 19.4 Å². The summed E-state index contributed by atoms with van der Waals surface area (Å²) >= 11 is 0. The number of nitrogens with zero attached hydrogens (tertiary/aromatic N) is 1. The van der Waals surface area contributed by atoms with E-state index >= 15 is 0 Å². The summed E-state index contributed by atoms with van der Waals surface area (Å²) in [6.07, 6.45) is 1.84. The third kappa shape index (κ3) is 4.04. The van der Waals surface area contributed by atoms with Crippen LogP contribution in [0.3, 0.4) is 0 Å². The van der Waals surface area contributed by atoms with Gasteiger partial charge < -0.3 is 15.3 Å². The third-order valence-corrected chi connectivity index (χ3v) is 3.74. The molecule has 0 aromatic heterocycles. The van der Waals surface area contributed by atoms with Crippen LogP contribution in [0, 0.1) is 0 Å². The maximum absolute atomic E-state index is 12.4. The summed E-state index contributed by atoms with van der Waals surface area (Å²) in [6, 6.07) is 8.85. The second-order valence-electron chi connectivity index (χ2n) is 5.50. The number of hydrogen-bond donors (Lipinski definition) is 2. The van der Waals surface area contributed by atoms with Crippen LogP contribution in [-0.2, 0) is 16.0 Å². The van der Waals surface area contributed by atoms with Crippen molar-refractivity contribution < 1.29 is 14.7 Å². The quantitative estimate of drug-likeness (QED) is 0.839. The Bertz CT molecular complexity index is 490. The van der Waals surface area contributed by atoms with E-state index < -0.39 is 6.04 Å². The Morgan fingerprint density at radius 1 is 1.38 bits per heavy atom. The van der Waals surface area contributed by atoms with Gasteiger partial charge in [0.1, 0.15) is 6.04 Å². The van der Waals surface area contributed by atoms with Gasteiger partial charge in [-0.15, -0.1) is 0 Å². The molecule has 5 heteroatoms. The number of amides is 2. The van der Waals surface area contributed by atoms with E-state index in [9.17, 15) is 9.59 Å². The third-order valence-electron chi connectivity index (χ3n) is 3.74. The molecular weight excluding hydrogens is 268 g/mol. The molecule has 1 aliphatic rings. The summed E-state index contributed by atoms with van der Waals surface area (Å²) in [7, 11) is 0. The molecule has 21 heavy (non-hydrogen) atoms. The number of rotatable bonds is 5. The second kappa shape index (κ2) is 7.22. The SMILES string of the molecule is CC(CO)NC(=O)C1CCCN1C(=O)Cc1ccccc1. The van der Waals surface area contributed by atoms with E-state index in [1.807, 2.05) is 30.3 Å². The van der Waals surface area contributed by atoms with Crippen LogP contribution >= 0.6 is 0 Å². The molecule has 2 amide bonds. The van der Waals surface area contributed by atoms with Crippen molar-refractivity contribution in [1.29, 1.82) is 0 Å². The van der Waals surface area contributed by atoms with Gasteiger partial charge in [-0.05, 0) is 25.3 Å². The van der Waals surface area contributed by atoms with Gasteiger partial charge >= 0.3 is 0 Å². The highest BCUT2D eigenvalue weighted by Crippen LogP contribution is 2.19. The van der Waals surface area contributed by atoms with E-state index in [0.717, 1.165) is 12.0 Å². The molecule has 0 spiro atoms. The molecule has 0 aliphatic carbocycles. The van der Waals surface area contributed by atoms with E-state index in [1.54, 1.807) is 11.8 Å². The zero-order chi connectivity index (χ0) is 15.2. The lowest BCUT2D eigenvalue weighted by molar-refractivity contribution is -0.138. The largest absolute Gasteiger partial charge is 0.394 e. The van der Waals surface area contributed by atoms with E-state index in [1.165, 1.54) is 0 Å². The number of hydrogen-bond acceptors (Lipinski definition) is 3. The van der Waals surface area contributed by atoms with Crippen molar-refractivity contribution in [3.8, 4) is 0 Å². The van der Waals surface area contributed by atoms with Crippen LogP contribution in [0.25, 0.3) is 0 Å². The van der Waals surface area contributed by atoms with Gasteiger partial charge in [0.05, 0.1) is 13.0 Å². The molecule has 0 bridgehead atoms. The molecule has 2 unspecified atom stereocenters. The average Bonchev–Trinajstić information content (AvgIpc) is 2.97. The molecule has 1 fully saturated rings. The van der Waals surface area contributed by atoms with Gasteiger partial charge in [-0.1, -0.05) is 30.3 Å². The highest BCUT2D eigenvalue weighted by atomic mass is 16.3. The molecule has 5 nitrogen and oxygen atoms in total. The van der Waals surface area contributed by atoms with Crippen LogP contribution in [0.15, 0.2) is 30.3 Å². The van der Waals surface area contributed by atoms with E-state index in [2.05, 4.69) is 5.32 Å². The molecule has 2 rings (SSSR count). The predicted octanol–water partition coefficient (Wildman–Crippen LogP) is 0.717. The van der Waals surface area contributed by atoms with Crippen molar-refractivity contribution >= 4 is 11.8 Å². The lowest BCUT2D eigenvalue weighted by atomic mass is 10.1. The normalized spacial score (nSPS) is 19.3. The molecule has 114 valence electrons. The first-order valence-electron chi connectivity index (χ1n) is 7.36. The number of carbonyl (C=O) groups is 2. The van der Waals surface area contributed by atoms with Gasteiger partial charge in [0.15, 0.2) is 0 Å². The van der Waals surface area contributed by atoms with Gasteiger partial charge in [0.25, 0.3) is 0 Å². The van der Waals surface area contributed by atoms with E-state index in [4.69, 9.17) is 5.11 Å². The summed E-state index contributed by atoms with van der Waals surface area (Å²) in [4.78, 5) is 26.2. The zero-order valence-electron chi connectivity index (χ0n) is 12.3. The van der Waals surface area contributed by atoms with E-state index in [-0.39, 0.29) is 24.5 Å². The molecule has 1 aromatic carbocycles. The van der Waals surface area contributed by atoms with Crippen LogP contribution in [0.4, 0.5) is 0 Å². The Morgan fingerprint density at radius 3 is 2.76 bits per heavy atom. The predicted molar refractivity (Wildman–Crippen MR) is 79.6 cm³/mol. The summed E-state index contributed by atoms with van der Waals surface area (Å²) in [5, 5.41) is 11.7. The Hall–Kier alpha value is -1.88. The fourth-order valence-electron chi connectivity index (χ4n) is 2.59. The Labute approximate surface area is 125 Å². The molecule has 0 saturated carbocycles. The lowest BCUT2D eigenvalue weighted by Gasteiger charge is -2.25. The topological polar surface area (TPSA) is 69.6 Å². The number of benzene rings is 1. The van der Waals surface area contributed by atoms with Crippen molar-refractivity contribution in [2.75, 3.05) is 13.2 Å². The van der Waals surface area contributed by atoms with Crippen molar-refractivity contribution in [3.05, 3.63) is 35.9 Å². The zero-order valence-corrected chi connectivity index (χ0v) is 12.3. The second-order valence-corrected chi connectivity index (χ2v) is 5.50. The van der Waals surface area contributed by atoms with Gasteiger partial charge in [-0.2, -0.15) is 0 Å². The first kappa shape index (κ1) is 15.5. The van der Waals surface area contributed by atoms with Gasteiger partial charge in [-0.3, -0.25) is 9.59 Å². The van der Waals surface area contributed by atoms with Gasteiger partial charge in [-0.25, -0.2) is 0 Å². The summed E-state index contributed by atoms with van der Waals surface area (Å²) in [6.45, 7) is 2.26. The Kier molecular flexibility index (Phi) is 5.33. The fourth-order valence-corrected chi connectivity index (χ4v) is 2.59. The molecule has 1 aliphatic heterocycles. The number of likely N-dealkylation sites (tertiary alicyclic amines) is 1. The monoisotopic (exact) mass is 290 g/mol. The summed E-state index contributed by atoms with van der Waals surface area (Å²) < 4.78 is 0. The standard InChI is InChI=1S/C16H22N2O3/c1-12(11-19)17-16(21)14-8-5-9-18(14)15(20)10-13-6-3-2-4-7-13/h2-4,6-7,12,14,19H,5,8-11H2,1H3,(H,17,21). The first-order chi connectivity index (χ1) is 10.1. The summed E-state index contributed by atoms with van der Waals surface area (Å²) in [5.41, 5.74) is 0.956. The molecule has 2 N–H and O–H groups in total. The first-order valence-corrected chi connectivity index (χ1v) is 7.36. The maximum Gasteiger partial charge on any atom is 0.243 e. The fraction of sp³-hybridized carbons (Fsp3) is 0.500. The Balaban J connectivity index is 1.97. The molecule has 0 radical (unpaired) electrons. The minimum atomic E-state index is -0.407. The number of nitrogens with one attached hydrogen (secondary N) is 1. The number of carbonyl (C=O) groups excluding carboxylic acids is 2. The minimum absolute atomic E-state index is 0.0181. The molecule has 1 aromatic rings. The van der Waals surface area contributed by atoms with Crippen molar-refractivity contribution in [1.82, 2.24) is 10.2 Å². The average molecular weight is 290 g/mol. The van der Waals surface area contributed by atoms with Crippen LogP contribution in [0.2, 0.25) is 0 Å². The Morgan fingerprint density at radius 2 is 2.10 bits per heavy atom. The molecule has 1 heterocycles. The van der Waals surface area contributed by atoms with Gasteiger partial charge in [0.2, 0.25) is 11.8 Å². The lowest BCUT2D eigenvalue weighted by Crippen LogP contribution is -2.49. The van der Waals surface area contributed by atoms with Crippen LogP contribution < -0.4 is 5.32 Å². The smallest absolute Gasteiger partial charge is 0.243 e. The highest BCUT2D eigenvalue weighted by Gasteiger charge is 2.34. The van der Waals surface area contributed by atoms with Crippen molar-refractivity contribution in [2.45, 2.75) is 38.3 Å². The van der Waals surface area contributed by atoms with Crippen molar-refractivity contribution in [3.63, 3.8) is 0 Å². The van der Waals surface area contributed by atoms with Crippen LogP contribution in [-0.4, -0.2) is 47.1 Å².